The van der Waals surface area contributed by atoms with Crippen molar-refractivity contribution < 1.29 is 23.1 Å². The van der Waals surface area contributed by atoms with Crippen molar-refractivity contribution in [2.24, 2.45) is 0 Å². The van der Waals surface area contributed by atoms with Gasteiger partial charge in [0.25, 0.3) is 5.91 Å². The van der Waals surface area contributed by atoms with E-state index in [1.165, 1.54) is 23.6 Å². The van der Waals surface area contributed by atoms with Crippen LogP contribution >= 0.6 is 11.3 Å². The van der Waals surface area contributed by atoms with Crippen LogP contribution in [-0.4, -0.2) is 26.8 Å². The predicted molar refractivity (Wildman–Crippen MR) is 86.8 cm³/mol. The zero-order chi connectivity index (χ0) is 17.7. The largest absolute Gasteiger partial charge is 0.548 e. The second kappa shape index (κ2) is 7.56. The van der Waals surface area contributed by atoms with Gasteiger partial charge in [-0.2, -0.15) is 4.72 Å². The van der Waals surface area contributed by atoms with E-state index in [-0.39, 0.29) is 21.2 Å². The van der Waals surface area contributed by atoms with Gasteiger partial charge in [-0.3, -0.25) is 4.79 Å². The number of carbonyl (C=O) groups is 2. The number of benzene rings is 1. The Morgan fingerprint density at radius 1 is 1.25 bits per heavy atom. The molecule has 0 aliphatic heterocycles. The van der Waals surface area contributed by atoms with Gasteiger partial charge in [-0.25, -0.2) is 8.42 Å². The normalized spacial score (nSPS) is 12.5. The van der Waals surface area contributed by atoms with Crippen molar-refractivity contribution in [3.63, 3.8) is 0 Å². The summed E-state index contributed by atoms with van der Waals surface area (Å²) in [4.78, 5) is 23.1. The fourth-order valence-corrected chi connectivity index (χ4v) is 4.31. The predicted octanol–water partition coefficient (Wildman–Crippen LogP) is 0.267. The molecular formula is C15H15N2O5S2-. The van der Waals surface area contributed by atoms with Gasteiger partial charge in [-0.05, 0) is 18.6 Å². The van der Waals surface area contributed by atoms with Crippen LogP contribution in [0.3, 0.4) is 0 Å². The Balaban J connectivity index is 2.26. The first-order chi connectivity index (χ1) is 11.3. The van der Waals surface area contributed by atoms with E-state index in [4.69, 9.17) is 0 Å². The quantitative estimate of drug-likeness (QED) is 0.729. The van der Waals surface area contributed by atoms with Crippen LogP contribution in [0.15, 0.2) is 46.7 Å². The van der Waals surface area contributed by atoms with E-state index in [0.29, 0.717) is 6.54 Å². The first kappa shape index (κ1) is 18.1. The minimum absolute atomic E-state index is 0.170. The van der Waals surface area contributed by atoms with E-state index >= 15 is 0 Å². The van der Waals surface area contributed by atoms with Gasteiger partial charge < -0.3 is 15.2 Å². The molecule has 1 atom stereocenters. The molecule has 0 aliphatic carbocycles. The van der Waals surface area contributed by atoms with Gasteiger partial charge in [-0.1, -0.05) is 30.3 Å². The third kappa shape index (κ3) is 4.19. The fraction of sp³-hybridized carbons (Fsp3) is 0.200. The molecule has 2 aromatic rings. The maximum Gasteiger partial charge on any atom is 0.261 e. The molecule has 1 aromatic heterocycles. The van der Waals surface area contributed by atoms with E-state index in [1.54, 1.807) is 25.1 Å². The minimum Gasteiger partial charge on any atom is -0.548 e. The van der Waals surface area contributed by atoms with Gasteiger partial charge >= 0.3 is 0 Å². The SMILES string of the molecule is CCNC(=O)c1cc(S(=O)(=O)N[C@H](C(=O)[O-])c2ccccc2)cs1. The molecule has 2 rings (SSSR count). The summed E-state index contributed by atoms with van der Waals surface area (Å²) in [5.74, 6) is -1.95. The highest BCUT2D eigenvalue weighted by Crippen LogP contribution is 2.22. The van der Waals surface area contributed by atoms with E-state index in [1.807, 2.05) is 0 Å². The lowest BCUT2D eigenvalue weighted by molar-refractivity contribution is -0.308. The van der Waals surface area contributed by atoms with E-state index in [9.17, 15) is 23.1 Å². The monoisotopic (exact) mass is 367 g/mol. The van der Waals surface area contributed by atoms with Crippen LogP contribution in [-0.2, 0) is 14.8 Å². The first-order valence-corrected chi connectivity index (χ1v) is 9.36. The van der Waals surface area contributed by atoms with Crippen LogP contribution in [0.25, 0.3) is 0 Å². The molecule has 0 unspecified atom stereocenters. The highest BCUT2D eigenvalue weighted by Gasteiger charge is 2.24. The Labute approximate surface area is 143 Å². The zero-order valence-corrected chi connectivity index (χ0v) is 14.3. The van der Waals surface area contributed by atoms with Crippen molar-refractivity contribution in [1.82, 2.24) is 10.0 Å². The van der Waals surface area contributed by atoms with Crippen LogP contribution in [0, 0.1) is 0 Å². The molecule has 1 heterocycles. The van der Waals surface area contributed by atoms with Crippen molar-refractivity contribution in [3.8, 4) is 0 Å². The number of rotatable bonds is 7. The summed E-state index contributed by atoms with van der Waals surface area (Å²) < 4.78 is 26.9. The van der Waals surface area contributed by atoms with Crippen LogP contribution in [0.1, 0.15) is 28.2 Å². The lowest BCUT2D eigenvalue weighted by Gasteiger charge is -2.19. The van der Waals surface area contributed by atoms with Crippen molar-refractivity contribution in [1.29, 1.82) is 0 Å². The number of amides is 1. The minimum atomic E-state index is -4.12. The lowest BCUT2D eigenvalue weighted by atomic mass is 10.1. The number of carboxylic acids is 1. The number of aliphatic carboxylic acids is 1. The number of hydrogen-bond donors (Lipinski definition) is 2. The van der Waals surface area contributed by atoms with E-state index in [2.05, 4.69) is 10.0 Å². The third-order valence-corrected chi connectivity index (χ3v) is 5.57. The molecule has 0 fully saturated rings. The Bertz CT molecular complexity index is 831. The third-order valence-electron chi connectivity index (χ3n) is 3.09. The van der Waals surface area contributed by atoms with Crippen LogP contribution < -0.4 is 15.1 Å². The van der Waals surface area contributed by atoms with Gasteiger partial charge in [0.05, 0.1) is 21.8 Å². The Morgan fingerprint density at radius 3 is 2.50 bits per heavy atom. The number of carbonyl (C=O) groups excluding carboxylic acids is 2. The molecule has 128 valence electrons. The molecule has 0 aliphatic rings. The number of carboxylic acid groups (broad SMARTS) is 1. The lowest BCUT2D eigenvalue weighted by Crippen LogP contribution is -2.41. The van der Waals surface area contributed by atoms with E-state index < -0.39 is 22.0 Å². The molecule has 1 aromatic carbocycles. The summed E-state index contributed by atoms with van der Waals surface area (Å²) in [6.07, 6.45) is 0. The van der Waals surface area contributed by atoms with Crippen LogP contribution in [0.4, 0.5) is 0 Å². The zero-order valence-electron chi connectivity index (χ0n) is 12.7. The van der Waals surface area contributed by atoms with Gasteiger partial charge in [-0.15, -0.1) is 11.3 Å². The summed E-state index contributed by atoms with van der Waals surface area (Å²) in [5, 5.41) is 15.2. The van der Waals surface area contributed by atoms with Gasteiger partial charge in [0, 0.05) is 11.9 Å². The molecule has 7 nitrogen and oxygen atoms in total. The Hall–Kier alpha value is -2.23. The summed E-state index contributed by atoms with van der Waals surface area (Å²) in [6.45, 7) is 2.16. The van der Waals surface area contributed by atoms with Crippen molar-refractivity contribution in [3.05, 3.63) is 52.2 Å². The Kier molecular flexibility index (Phi) is 5.71. The number of nitrogens with one attached hydrogen (secondary N) is 2. The standard InChI is InChI=1S/C15H16N2O5S2/c1-2-16-14(18)12-8-11(9-23-12)24(21,22)17-13(15(19)20)10-6-4-3-5-7-10/h3-9,13,17H,2H2,1H3,(H,16,18)(H,19,20)/p-1/t13-/m0/s1. The topological polar surface area (TPSA) is 115 Å². The number of sulfonamides is 1. The maximum absolute atomic E-state index is 12.4. The molecule has 1 amide bonds. The highest BCUT2D eigenvalue weighted by atomic mass is 32.2. The molecule has 0 spiro atoms. The van der Waals surface area contributed by atoms with Gasteiger partial charge in [0.15, 0.2) is 0 Å². The Morgan fingerprint density at radius 2 is 1.92 bits per heavy atom. The smallest absolute Gasteiger partial charge is 0.261 e. The molecule has 0 saturated heterocycles. The average molecular weight is 367 g/mol. The summed E-state index contributed by atoms with van der Waals surface area (Å²) in [6, 6.07) is 7.52. The summed E-state index contributed by atoms with van der Waals surface area (Å²) in [7, 11) is -4.12. The van der Waals surface area contributed by atoms with Crippen LogP contribution in [0.2, 0.25) is 0 Å². The molecule has 24 heavy (non-hydrogen) atoms. The van der Waals surface area contributed by atoms with Gasteiger partial charge in [0.2, 0.25) is 10.0 Å². The number of hydrogen-bond acceptors (Lipinski definition) is 6. The molecule has 2 N–H and O–H groups in total. The number of thiophene rings is 1. The molecular weight excluding hydrogens is 352 g/mol. The van der Waals surface area contributed by atoms with Crippen molar-refractivity contribution in [2.75, 3.05) is 6.54 Å². The summed E-state index contributed by atoms with van der Waals surface area (Å²) in [5.41, 5.74) is 0.250. The first-order valence-electron chi connectivity index (χ1n) is 7.00. The van der Waals surface area contributed by atoms with Crippen molar-refractivity contribution in [2.45, 2.75) is 17.9 Å². The second-order valence-electron chi connectivity index (χ2n) is 4.79. The van der Waals surface area contributed by atoms with Gasteiger partial charge in [0.1, 0.15) is 0 Å². The van der Waals surface area contributed by atoms with E-state index in [0.717, 1.165) is 11.3 Å². The molecule has 0 radical (unpaired) electrons. The highest BCUT2D eigenvalue weighted by molar-refractivity contribution is 7.89. The fourth-order valence-electron chi connectivity index (χ4n) is 1.95. The second-order valence-corrected chi connectivity index (χ2v) is 7.42. The van der Waals surface area contributed by atoms with Crippen molar-refractivity contribution >= 4 is 33.2 Å². The van der Waals surface area contributed by atoms with Crippen LogP contribution in [0.5, 0.6) is 0 Å². The molecule has 0 bridgehead atoms. The maximum atomic E-state index is 12.4. The molecule has 9 heteroatoms. The average Bonchev–Trinajstić information content (AvgIpc) is 3.04. The molecule has 0 saturated carbocycles. The summed E-state index contributed by atoms with van der Waals surface area (Å²) >= 11 is 0.962.